The number of thiophene rings is 1. The van der Waals surface area contributed by atoms with Crippen molar-refractivity contribution in [1.82, 2.24) is 5.32 Å². The van der Waals surface area contributed by atoms with Crippen molar-refractivity contribution in [3.63, 3.8) is 0 Å². The minimum atomic E-state index is -0.281. The van der Waals surface area contributed by atoms with Crippen molar-refractivity contribution in [2.45, 2.75) is 19.9 Å². The molecule has 1 aromatic carbocycles. The van der Waals surface area contributed by atoms with Gasteiger partial charge in [0.25, 0.3) is 5.91 Å². The molecule has 2 rings (SSSR count). The summed E-state index contributed by atoms with van der Waals surface area (Å²) in [5, 5.41) is 14.6. The summed E-state index contributed by atoms with van der Waals surface area (Å²) in [6.45, 7) is 2.56. The third-order valence-corrected chi connectivity index (χ3v) is 4.12. The Hall–Kier alpha value is -1.52. The van der Waals surface area contributed by atoms with Crippen LogP contribution in [0.5, 0.6) is 5.75 Å². The van der Waals surface area contributed by atoms with Gasteiger partial charge < -0.3 is 10.4 Å². The third-order valence-electron chi connectivity index (χ3n) is 2.82. The number of phenolic OH excluding ortho intramolecular Hbond substituents is 1. The number of nitrogens with one attached hydrogen (secondary N) is 1. The number of halogens is 1. The van der Waals surface area contributed by atoms with Crippen LogP contribution in [0.25, 0.3) is 0 Å². The van der Waals surface area contributed by atoms with Gasteiger partial charge in [-0.25, -0.2) is 0 Å². The maximum Gasteiger partial charge on any atom is 0.253 e. The number of aromatic hydroxyl groups is 1. The molecule has 0 spiro atoms. The molecule has 1 amide bonds. The largest absolute Gasteiger partial charge is 0.508 e. The van der Waals surface area contributed by atoms with E-state index in [0.717, 1.165) is 11.3 Å². The second kappa shape index (κ2) is 6.08. The summed E-state index contributed by atoms with van der Waals surface area (Å²) < 4.78 is 0. The first kappa shape index (κ1) is 13.9. The molecule has 19 heavy (non-hydrogen) atoms. The molecule has 0 saturated heterocycles. The van der Waals surface area contributed by atoms with Gasteiger partial charge in [0.2, 0.25) is 0 Å². The Morgan fingerprint density at radius 3 is 2.95 bits per heavy atom. The first-order chi connectivity index (χ1) is 9.11. The van der Waals surface area contributed by atoms with Crippen LogP contribution in [0, 0.1) is 0 Å². The molecule has 1 aromatic heterocycles. The van der Waals surface area contributed by atoms with Crippen molar-refractivity contribution in [3.05, 3.63) is 50.7 Å². The minimum absolute atomic E-state index is 0.0277. The highest BCUT2D eigenvalue weighted by molar-refractivity contribution is 7.10. The van der Waals surface area contributed by atoms with Gasteiger partial charge in [0.05, 0.1) is 17.1 Å². The Bertz CT molecular complexity index is 595. The van der Waals surface area contributed by atoms with Crippen LogP contribution >= 0.6 is 22.9 Å². The fraction of sp³-hybridized carbons (Fsp3) is 0.214. The second-order valence-electron chi connectivity index (χ2n) is 4.07. The van der Waals surface area contributed by atoms with E-state index >= 15 is 0 Å². The van der Waals surface area contributed by atoms with Crippen LogP contribution in [0.4, 0.5) is 0 Å². The molecule has 5 heteroatoms. The fourth-order valence-corrected chi connectivity index (χ4v) is 2.90. The highest BCUT2D eigenvalue weighted by atomic mass is 35.5. The van der Waals surface area contributed by atoms with Crippen LogP contribution in [0.15, 0.2) is 29.6 Å². The van der Waals surface area contributed by atoms with E-state index in [4.69, 9.17) is 11.6 Å². The van der Waals surface area contributed by atoms with Crippen molar-refractivity contribution in [2.75, 3.05) is 0 Å². The molecule has 0 aliphatic heterocycles. The molecule has 0 unspecified atom stereocenters. The molecule has 3 nitrogen and oxygen atoms in total. The van der Waals surface area contributed by atoms with Crippen molar-refractivity contribution < 1.29 is 9.90 Å². The molecule has 0 radical (unpaired) electrons. The summed E-state index contributed by atoms with van der Waals surface area (Å²) in [7, 11) is 0. The van der Waals surface area contributed by atoms with Gasteiger partial charge in [-0.05, 0) is 41.6 Å². The Morgan fingerprint density at radius 1 is 1.42 bits per heavy atom. The SMILES string of the molecule is CCc1ccsc1CNC(=O)c1cc(O)ccc1Cl. The Kier molecular flexibility index (Phi) is 4.45. The number of carbonyl (C=O) groups is 1. The highest BCUT2D eigenvalue weighted by Gasteiger charge is 2.12. The van der Waals surface area contributed by atoms with E-state index in [0.29, 0.717) is 11.6 Å². The summed E-state index contributed by atoms with van der Waals surface area (Å²) in [6.07, 6.45) is 0.946. The predicted molar refractivity (Wildman–Crippen MR) is 78.0 cm³/mol. The lowest BCUT2D eigenvalue weighted by Crippen LogP contribution is -2.23. The van der Waals surface area contributed by atoms with E-state index in [1.54, 1.807) is 11.3 Å². The molecule has 2 N–H and O–H groups in total. The van der Waals surface area contributed by atoms with Crippen LogP contribution in [0.3, 0.4) is 0 Å². The number of rotatable bonds is 4. The molecular weight excluding hydrogens is 282 g/mol. The van der Waals surface area contributed by atoms with E-state index < -0.39 is 0 Å². The molecule has 0 aliphatic rings. The lowest BCUT2D eigenvalue weighted by Gasteiger charge is -2.07. The highest BCUT2D eigenvalue weighted by Crippen LogP contribution is 2.22. The van der Waals surface area contributed by atoms with Crippen LogP contribution in [-0.2, 0) is 13.0 Å². The average molecular weight is 296 g/mol. The molecule has 2 aromatic rings. The summed E-state index contributed by atoms with van der Waals surface area (Å²) in [6, 6.07) is 6.39. The van der Waals surface area contributed by atoms with Gasteiger partial charge in [-0.1, -0.05) is 18.5 Å². The molecule has 0 aliphatic carbocycles. The number of amides is 1. The number of carbonyl (C=O) groups excluding carboxylic acids is 1. The zero-order valence-electron chi connectivity index (χ0n) is 10.4. The smallest absolute Gasteiger partial charge is 0.253 e. The van der Waals surface area contributed by atoms with Gasteiger partial charge in [0, 0.05) is 4.88 Å². The molecule has 0 fully saturated rings. The van der Waals surface area contributed by atoms with Crippen LogP contribution in [0.1, 0.15) is 27.7 Å². The predicted octanol–water partition coefficient (Wildman–Crippen LogP) is 3.60. The standard InChI is InChI=1S/C14H14ClNO2S/c1-2-9-5-6-19-13(9)8-16-14(18)11-7-10(17)3-4-12(11)15/h3-7,17H,2,8H2,1H3,(H,16,18). The maximum atomic E-state index is 12.0. The van der Waals surface area contributed by atoms with E-state index in [1.807, 2.05) is 5.38 Å². The van der Waals surface area contributed by atoms with Gasteiger partial charge >= 0.3 is 0 Å². The monoisotopic (exact) mass is 295 g/mol. The second-order valence-corrected chi connectivity index (χ2v) is 5.48. The van der Waals surface area contributed by atoms with E-state index in [1.165, 1.54) is 23.8 Å². The number of benzene rings is 1. The number of hydrogen-bond acceptors (Lipinski definition) is 3. The lowest BCUT2D eigenvalue weighted by molar-refractivity contribution is 0.0951. The molecule has 0 bridgehead atoms. The minimum Gasteiger partial charge on any atom is -0.508 e. The van der Waals surface area contributed by atoms with Crippen LogP contribution in [0.2, 0.25) is 5.02 Å². The molecular formula is C14H14ClNO2S. The van der Waals surface area contributed by atoms with Crippen LogP contribution in [-0.4, -0.2) is 11.0 Å². The zero-order chi connectivity index (χ0) is 13.8. The van der Waals surface area contributed by atoms with Gasteiger partial charge in [0.1, 0.15) is 5.75 Å². The van der Waals surface area contributed by atoms with Crippen molar-refractivity contribution in [2.24, 2.45) is 0 Å². The van der Waals surface area contributed by atoms with E-state index in [9.17, 15) is 9.90 Å². The summed E-state index contributed by atoms with van der Waals surface area (Å²) in [4.78, 5) is 13.2. The first-order valence-electron chi connectivity index (χ1n) is 5.93. The Balaban J connectivity index is 2.07. The van der Waals surface area contributed by atoms with E-state index in [-0.39, 0.29) is 17.2 Å². The summed E-state index contributed by atoms with van der Waals surface area (Å²) in [5.41, 5.74) is 1.53. The van der Waals surface area contributed by atoms with Crippen molar-refractivity contribution in [3.8, 4) is 5.75 Å². The van der Waals surface area contributed by atoms with Crippen LogP contribution < -0.4 is 5.32 Å². The number of aryl methyl sites for hydroxylation is 1. The number of phenols is 1. The number of hydrogen-bond donors (Lipinski definition) is 2. The molecule has 100 valence electrons. The summed E-state index contributed by atoms with van der Waals surface area (Å²) >= 11 is 7.56. The molecule has 0 atom stereocenters. The maximum absolute atomic E-state index is 12.0. The average Bonchev–Trinajstić information content (AvgIpc) is 2.86. The Labute approximate surface area is 120 Å². The summed E-state index contributed by atoms with van der Waals surface area (Å²) in [5.74, 6) is -0.253. The Morgan fingerprint density at radius 2 is 2.21 bits per heavy atom. The quantitative estimate of drug-likeness (QED) is 0.905. The third kappa shape index (κ3) is 3.28. The van der Waals surface area contributed by atoms with Crippen molar-refractivity contribution in [1.29, 1.82) is 0 Å². The lowest BCUT2D eigenvalue weighted by atomic mass is 10.2. The molecule has 0 saturated carbocycles. The fourth-order valence-electron chi connectivity index (χ4n) is 1.78. The topological polar surface area (TPSA) is 49.3 Å². The van der Waals surface area contributed by atoms with Gasteiger partial charge in [-0.15, -0.1) is 11.3 Å². The van der Waals surface area contributed by atoms with E-state index in [2.05, 4.69) is 18.3 Å². The van der Waals surface area contributed by atoms with Gasteiger partial charge in [-0.2, -0.15) is 0 Å². The van der Waals surface area contributed by atoms with Gasteiger partial charge in [-0.3, -0.25) is 4.79 Å². The van der Waals surface area contributed by atoms with Gasteiger partial charge in [0.15, 0.2) is 0 Å². The first-order valence-corrected chi connectivity index (χ1v) is 7.19. The normalized spacial score (nSPS) is 10.4. The zero-order valence-corrected chi connectivity index (χ0v) is 12.0. The molecule has 1 heterocycles. The van der Waals surface area contributed by atoms with Crippen molar-refractivity contribution >= 4 is 28.8 Å².